The Hall–Kier alpha value is -0.860. The highest BCUT2D eigenvalue weighted by Gasteiger charge is 2.29. The molecule has 1 rings (SSSR count). The third kappa shape index (κ3) is 3.16. The Bertz CT molecular complexity index is 171. The Kier molecular flexibility index (Phi) is 2.63. The fraction of sp³-hybridized carbons (Fsp3) is 0.750. The first kappa shape index (κ1) is 8.24. The number of carbonyl (C=O) groups is 1. The summed E-state index contributed by atoms with van der Waals surface area (Å²) in [6.45, 7) is 4.04. The van der Waals surface area contributed by atoms with Gasteiger partial charge in [0.05, 0.1) is 0 Å². The maximum atomic E-state index is 11.0. The molecule has 1 aliphatic rings. The quantitative estimate of drug-likeness (QED) is 0.481. The maximum Gasteiger partial charge on any atom is 0.243 e. The van der Waals surface area contributed by atoms with Gasteiger partial charge in [0.15, 0.2) is 0 Å². The molecular weight excluding hydrogens is 140 g/mol. The van der Waals surface area contributed by atoms with Crippen LogP contribution in [0.15, 0.2) is 5.10 Å². The highest BCUT2D eigenvalue weighted by atomic mass is 16.2. The summed E-state index contributed by atoms with van der Waals surface area (Å²) in [5.74, 6) is 0.718. The number of hydrazone groups is 1. The number of nitrogens with zero attached hydrogens (tertiary/aromatic N) is 1. The second-order valence-corrected chi connectivity index (χ2v) is 3.27. The van der Waals surface area contributed by atoms with Crippen molar-refractivity contribution in [2.45, 2.75) is 26.7 Å². The second-order valence-electron chi connectivity index (χ2n) is 3.27. The Balaban J connectivity index is 2.15. The van der Waals surface area contributed by atoms with Crippen molar-refractivity contribution in [1.29, 1.82) is 0 Å². The van der Waals surface area contributed by atoms with Crippen LogP contribution in [-0.4, -0.2) is 12.1 Å². The molecule has 0 aromatic rings. The van der Waals surface area contributed by atoms with Crippen molar-refractivity contribution in [1.82, 2.24) is 5.43 Å². The zero-order valence-corrected chi connectivity index (χ0v) is 7.00. The Morgan fingerprint density at radius 1 is 1.64 bits per heavy atom. The van der Waals surface area contributed by atoms with E-state index in [9.17, 15) is 4.79 Å². The van der Waals surface area contributed by atoms with Crippen LogP contribution in [-0.2, 0) is 4.79 Å². The van der Waals surface area contributed by atoms with E-state index in [4.69, 9.17) is 0 Å². The number of rotatable bonds is 3. The molecule has 0 aromatic carbocycles. The monoisotopic (exact) mass is 154 g/mol. The van der Waals surface area contributed by atoms with Gasteiger partial charge in [0.2, 0.25) is 5.91 Å². The van der Waals surface area contributed by atoms with Gasteiger partial charge >= 0.3 is 0 Å². The van der Waals surface area contributed by atoms with Crippen LogP contribution in [0.5, 0.6) is 0 Å². The lowest BCUT2D eigenvalue weighted by atomic mass is 10.3. The Morgan fingerprint density at radius 3 is 2.73 bits per heavy atom. The summed E-state index contributed by atoms with van der Waals surface area (Å²) in [6, 6.07) is 0. The molecule has 3 nitrogen and oxygen atoms in total. The summed E-state index contributed by atoms with van der Waals surface area (Å²) in [5.41, 5.74) is 2.51. The SMILES string of the molecule is CC(C)C=NNC(=O)C1CC1. The number of amides is 1. The van der Waals surface area contributed by atoms with E-state index in [1.807, 2.05) is 13.8 Å². The third-order valence-corrected chi connectivity index (χ3v) is 1.50. The van der Waals surface area contributed by atoms with Gasteiger partial charge < -0.3 is 0 Å². The summed E-state index contributed by atoms with van der Waals surface area (Å²) in [6.07, 6.45) is 3.80. The van der Waals surface area contributed by atoms with Gasteiger partial charge in [-0.1, -0.05) is 13.8 Å². The van der Waals surface area contributed by atoms with E-state index in [-0.39, 0.29) is 11.8 Å². The lowest BCUT2D eigenvalue weighted by molar-refractivity contribution is -0.122. The number of nitrogens with one attached hydrogen (secondary N) is 1. The first-order valence-corrected chi connectivity index (χ1v) is 4.03. The molecule has 0 saturated heterocycles. The summed E-state index contributed by atoms with van der Waals surface area (Å²) in [5, 5.41) is 3.81. The minimum atomic E-state index is 0.0712. The number of hydrogen-bond donors (Lipinski definition) is 1. The first-order valence-electron chi connectivity index (χ1n) is 4.03. The van der Waals surface area contributed by atoms with Crippen LogP contribution in [0.3, 0.4) is 0 Å². The molecule has 1 amide bonds. The molecule has 0 heterocycles. The summed E-state index contributed by atoms with van der Waals surface area (Å²) >= 11 is 0. The average molecular weight is 154 g/mol. The van der Waals surface area contributed by atoms with Crippen LogP contribution in [0.25, 0.3) is 0 Å². The van der Waals surface area contributed by atoms with Crippen LogP contribution in [0, 0.1) is 11.8 Å². The van der Waals surface area contributed by atoms with Crippen molar-refractivity contribution in [3.8, 4) is 0 Å². The molecule has 0 spiro atoms. The minimum absolute atomic E-state index is 0.0712. The van der Waals surface area contributed by atoms with Gasteiger partial charge in [0.25, 0.3) is 0 Å². The van der Waals surface area contributed by atoms with Crippen molar-refractivity contribution in [3.05, 3.63) is 0 Å². The minimum Gasteiger partial charge on any atom is -0.273 e. The molecule has 0 atom stereocenters. The van der Waals surface area contributed by atoms with Crippen LogP contribution < -0.4 is 5.43 Å². The van der Waals surface area contributed by atoms with Crippen molar-refractivity contribution in [2.75, 3.05) is 0 Å². The molecule has 0 bridgehead atoms. The fourth-order valence-corrected chi connectivity index (χ4v) is 0.687. The van der Waals surface area contributed by atoms with Gasteiger partial charge in [-0.15, -0.1) is 0 Å². The highest BCUT2D eigenvalue weighted by Crippen LogP contribution is 2.28. The third-order valence-electron chi connectivity index (χ3n) is 1.50. The average Bonchev–Trinajstić information content (AvgIpc) is 2.66. The van der Waals surface area contributed by atoms with E-state index in [0.717, 1.165) is 12.8 Å². The number of carbonyl (C=O) groups excluding carboxylic acids is 1. The molecule has 1 aliphatic carbocycles. The van der Waals surface area contributed by atoms with Crippen LogP contribution in [0.4, 0.5) is 0 Å². The summed E-state index contributed by atoms with van der Waals surface area (Å²) in [4.78, 5) is 11.0. The predicted octanol–water partition coefficient (Wildman–Crippen LogP) is 1.15. The predicted molar refractivity (Wildman–Crippen MR) is 44.2 cm³/mol. The zero-order chi connectivity index (χ0) is 8.27. The molecule has 62 valence electrons. The van der Waals surface area contributed by atoms with E-state index in [2.05, 4.69) is 10.5 Å². The molecule has 0 unspecified atom stereocenters. The number of hydrogen-bond acceptors (Lipinski definition) is 2. The smallest absolute Gasteiger partial charge is 0.243 e. The Labute approximate surface area is 66.9 Å². The van der Waals surface area contributed by atoms with E-state index >= 15 is 0 Å². The van der Waals surface area contributed by atoms with Crippen molar-refractivity contribution in [2.24, 2.45) is 16.9 Å². The zero-order valence-electron chi connectivity index (χ0n) is 7.00. The Morgan fingerprint density at radius 2 is 2.27 bits per heavy atom. The van der Waals surface area contributed by atoms with Gasteiger partial charge in [-0.25, -0.2) is 5.43 Å². The van der Waals surface area contributed by atoms with Crippen LogP contribution in [0.2, 0.25) is 0 Å². The standard InChI is InChI=1S/C8H14N2O/c1-6(2)5-9-10-8(11)7-3-4-7/h5-7H,3-4H2,1-2H3,(H,10,11). The molecule has 1 saturated carbocycles. The van der Waals surface area contributed by atoms with Crippen molar-refractivity contribution >= 4 is 12.1 Å². The summed E-state index contributed by atoms with van der Waals surface area (Å²) in [7, 11) is 0. The largest absolute Gasteiger partial charge is 0.273 e. The van der Waals surface area contributed by atoms with Crippen LogP contribution >= 0.6 is 0 Å². The van der Waals surface area contributed by atoms with E-state index in [0.29, 0.717) is 5.92 Å². The van der Waals surface area contributed by atoms with Crippen molar-refractivity contribution < 1.29 is 4.79 Å². The highest BCUT2D eigenvalue weighted by molar-refractivity contribution is 5.81. The van der Waals surface area contributed by atoms with Crippen molar-refractivity contribution in [3.63, 3.8) is 0 Å². The normalized spacial score (nSPS) is 17.7. The van der Waals surface area contributed by atoms with Gasteiger partial charge in [0.1, 0.15) is 0 Å². The molecule has 1 N–H and O–H groups in total. The fourth-order valence-electron chi connectivity index (χ4n) is 0.687. The van der Waals surface area contributed by atoms with E-state index < -0.39 is 0 Å². The first-order chi connectivity index (χ1) is 5.20. The van der Waals surface area contributed by atoms with Gasteiger partial charge in [-0.3, -0.25) is 4.79 Å². The second kappa shape index (κ2) is 3.51. The molecule has 11 heavy (non-hydrogen) atoms. The molecule has 0 aromatic heterocycles. The molecule has 1 fully saturated rings. The summed E-state index contributed by atoms with van der Waals surface area (Å²) < 4.78 is 0. The molecule has 3 heteroatoms. The van der Waals surface area contributed by atoms with E-state index in [1.165, 1.54) is 0 Å². The topological polar surface area (TPSA) is 41.5 Å². The van der Waals surface area contributed by atoms with E-state index in [1.54, 1.807) is 6.21 Å². The van der Waals surface area contributed by atoms with Gasteiger partial charge in [-0.05, 0) is 18.8 Å². The lowest BCUT2D eigenvalue weighted by Gasteiger charge is -1.96. The van der Waals surface area contributed by atoms with Crippen LogP contribution in [0.1, 0.15) is 26.7 Å². The van der Waals surface area contributed by atoms with Gasteiger partial charge in [0, 0.05) is 12.1 Å². The van der Waals surface area contributed by atoms with Gasteiger partial charge in [-0.2, -0.15) is 5.10 Å². The molecule has 0 radical (unpaired) electrons. The lowest BCUT2D eigenvalue weighted by Crippen LogP contribution is -2.19. The molecule has 0 aliphatic heterocycles. The maximum absolute atomic E-state index is 11.0. The molecular formula is C8H14N2O.